The normalized spacial score (nSPS) is 18.8. The van der Waals surface area contributed by atoms with E-state index in [1.165, 1.54) is 0 Å². The topological polar surface area (TPSA) is 55.8 Å². The highest BCUT2D eigenvalue weighted by Crippen LogP contribution is 2.17. The van der Waals surface area contributed by atoms with Gasteiger partial charge in [-0.3, -0.25) is 4.79 Å². The van der Waals surface area contributed by atoms with E-state index in [2.05, 4.69) is 0 Å². The first-order valence-corrected chi connectivity index (χ1v) is 6.25. The molecule has 18 heavy (non-hydrogen) atoms. The highest BCUT2D eigenvalue weighted by Gasteiger charge is 2.15. The molecule has 98 valence electrons. The van der Waals surface area contributed by atoms with Gasteiger partial charge in [0.25, 0.3) is 0 Å². The summed E-state index contributed by atoms with van der Waals surface area (Å²) < 4.78 is 11.0. The minimum absolute atomic E-state index is 0.166. The van der Waals surface area contributed by atoms with Crippen LogP contribution in [0.25, 0.3) is 0 Å². The first-order valence-electron chi connectivity index (χ1n) is 6.25. The number of aryl methyl sites for hydroxylation is 1. The third-order valence-corrected chi connectivity index (χ3v) is 3.06. The van der Waals surface area contributed by atoms with Crippen molar-refractivity contribution in [1.82, 2.24) is 0 Å². The van der Waals surface area contributed by atoms with Crippen molar-refractivity contribution < 1.29 is 19.4 Å². The molecule has 1 N–H and O–H groups in total. The number of hydrogen-bond donors (Lipinski definition) is 1. The molecule has 1 heterocycles. The number of rotatable bonds is 6. The fourth-order valence-electron chi connectivity index (χ4n) is 1.93. The van der Waals surface area contributed by atoms with Crippen LogP contribution in [0.4, 0.5) is 0 Å². The Balaban J connectivity index is 1.77. The zero-order valence-electron chi connectivity index (χ0n) is 10.3. The number of benzene rings is 1. The van der Waals surface area contributed by atoms with E-state index < -0.39 is 5.97 Å². The second kappa shape index (κ2) is 6.40. The summed E-state index contributed by atoms with van der Waals surface area (Å²) in [5.74, 6) is 0.564. The standard InChI is InChI=1S/C14H18O4/c15-14(16)6-3-11-1-4-13(5-2-11)18-10-12-7-8-17-9-12/h1-2,4-5,12H,3,6-10H2,(H,15,16). The maximum Gasteiger partial charge on any atom is 0.303 e. The molecule has 1 unspecified atom stereocenters. The van der Waals surface area contributed by atoms with E-state index >= 15 is 0 Å². The molecule has 0 spiro atoms. The summed E-state index contributed by atoms with van der Waals surface area (Å²) >= 11 is 0. The van der Waals surface area contributed by atoms with Crippen LogP contribution < -0.4 is 4.74 Å². The molecule has 2 rings (SSSR count). The average Bonchev–Trinajstić information content (AvgIpc) is 2.88. The lowest BCUT2D eigenvalue weighted by Crippen LogP contribution is -2.11. The van der Waals surface area contributed by atoms with Crippen molar-refractivity contribution in [2.45, 2.75) is 19.3 Å². The van der Waals surface area contributed by atoms with Crippen molar-refractivity contribution in [3.63, 3.8) is 0 Å². The van der Waals surface area contributed by atoms with Gasteiger partial charge < -0.3 is 14.6 Å². The summed E-state index contributed by atoms with van der Waals surface area (Å²) in [6.45, 7) is 2.31. The number of aliphatic carboxylic acids is 1. The maximum atomic E-state index is 10.5. The van der Waals surface area contributed by atoms with Crippen molar-refractivity contribution >= 4 is 5.97 Å². The van der Waals surface area contributed by atoms with E-state index in [1.54, 1.807) is 0 Å². The molecular formula is C14H18O4. The summed E-state index contributed by atoms with van der Waals surface area (Å²) in [5, 5.41) is 8.60. The molecule has 0 aromatic heterocycles. The van der Waals surface area contributed by atoms with E-state index in [-0.39, 0.29) is 6.42 Å². The fourth-order valence-corrected chi connectivity index (χ4v) is 1.93. The van der Waals surface area contributed by atoms with Gasteiger partial charge in [-0.1, -0.05) is 12.1 Å². The summed E-state index contributed by atoms with van der Waals surface area (Å²) in [4.78, 5) is 10.5. The van der Waals surface area contributed by atoms with Gasteiger partial charge in [-0.25, -0.2) is 0 Å². The van der Waals surface area contributed by atoms with Crippen LogP contribution in [0.15, 0.2) is 24.3 Å². The Bertz CT molecular complexity index is 379. The predicted octanol–water partition coefficient (Wildman–Crippen LogP) is 2.12. The molecule has 4 heteroatoms. The average molecular weight is 250 g/mol. The van der Waals surface area contributed by atoms with Crippen molar-refractivity contribution in [1.29, 1.82) is 0 Å². The van der Waals surface area contributed by atoms with Crippen LogP contribution in [0.3, 0.4) is 0 Å². The molecular weight excluding hydrogens is 232 g/mol. The largest absolute Gasteiger partial charge is 0.493 e. The van der Waals surface area contributed by atoms with Gasteiger partial charge in [-0.15, -0.1) is 0 Å². The van der Waals surface area contributed by atoms with Crippen molar-refractivity contribution in [2.24, 2.45) is 5.92 Å². The number of carbonyl (C=O) groups is 1. The van der Waals surface area contributed by atoms with Crippen LogP contribution in [0.5, 0.6) is 5.75 Å². The third-order valence-electron chi connectivity index (χ3n) is 3.06. The molecule has 0 bridgehead atoms. The van der Waals surface area contributed by atoms with Gasteiger partial charge in [-0.2, -0.15) is 0 Å². The predicted molar refractivity (Wildman–Crippen MR) is 66.8 cm³/mol. The van der Waals surface area contributed by atoms with Gasteiger partial charge in [0.2, 0.25) is 0 Å². The van der Waals surface area contributed by atoms with E-state index in [9.17, 15) is 4.79 Å². The second-order valence-electron chi connectivity index (χ2n) is 4.58. The minimum atomic E-state index is -0.767. The van der Waals surface area contributed by atoms with E-state index in [0.717, 1.165) is 30.9 Å². The Hall–Kier alpha value is -1.55. The van der Waals surface area contributed by atoms with Crippen molar-refractivity contribution in [2.75, 3.05) is 19.8 Å². The van der Waals surface area contributed by atoms with Gasteiger partial charge in [0.05, 0.1) is 13.2 Å². The maximum absolute atomic E-state index is 10.5. The number of hydrogen-bond acceptors (Lipinski definition) is 3. The van der Waals surface area contributed by atoms with Crippen LogP contribution in [0, 0.1) is 5.92 Å². The van der Waals surface area contributed by atoms with Gasteiger partial charge in [0.1, 0.15) is 5.75 Å². The molecule has 0 saturated carbocycles. The van der Waals surface area contributed by atoms with Gasteiger partial charge in [0.15, 0.2) is 0 Å². The van der Waals surface area contributed by atoms with E-state index in [4.69, 9.17) is 14.6 Å². The first kappa shape index (κ1) is 12.9. The number of carboxylic acid groups (broad SMARTS) is 1. The lowest BCUT2D eigenvalue weighted by molar-refractivity contribution is -0.136. The first-order chi connectivity index (χ1) is 8.74. The van der Waals surface area contributed by atoms with Crippen molar-refractivity contribution in [3.05, 3.63) is 29.8 Å². The van der Waals surface area contributed by atoms with E-state index in [0.29, 0.717) is 18.9 Å². The molecule has 1 aromatic carbocycles. The quantitative estimate of drug-likeness (QED) is 0.840. The van der Waals surface area contributed by atoms with Gasteiger partial charge >= 0.3 is 5.97 Å². The number of ether oxygens (including phenoxy) is 2. The molecule has 0 radical (unpaired) electrons. The van der Waals surface area contributed by atoms with Gasteiger partial charge in [0, 0.05) is 18.9 Å². The Kier molecular flexibility index (Phi) is 4.59. The fraction of sp³-hybridized carbons (Fsp3) is 0.500. The lowest BCUT2D eigenvalue weighted by Gasteiger charge is -2.10. The SMILES string of the molecule is O=C(O)CCc1ccc(OCC2CCOC2)cc1. The molecule has 0 aliphatic carbocycles. The molecule has 1 aliphatic rings. The molecule has 1 aliphatic heterocycles. The lowest BCUT2D eigenvalue weighted by atomic mass is 10.1. The highest BCUT2D eigenvalue weighted by molar-refractivity contribution is 5.67. The third kappa shape index (κ3) is 4.04. The Morgan fingerprint density at radius 2 is 2.17 bits per heavy atom. The Morgan fingerprint density at radius 3 is 2.78 bits per heavy atom. The molecule has 1 fully saturated rings. The van der Waals surface area contributed by atoms with Gasteiger partial charge in [-0.05, 0) is 30.5 Å². The summed E-state index contributed by atoms with van der Waals surface area (Å²) in [6.07, 6.45) is 1.79. The molecule has 4 nitrogen and oxygen atoms in total. The molecule has 1 saturated heterocycles. The summed E-state index contributed by atoms with van der Waals surface area (Å²) in [5.41, 5.74) is 1.02. The molecule has 1 atom stereocenters. The van der Waals surface area contributed by atoms with Crippen LogP contribution in [0.2, 0.25) is 0 Å². The Labute approximate surface area is 107 Å². The zero-order valence-corrected chi connectivity index (χ0v) is 10.3. The number of carboxylic acids is 1. The summed E-state index contributed by atoms with van der Waals surface area (Å²) in [7, 11) is 0. The van der Waals surface area contributed by atoms with Crippen molar-refractivity contribution in [3.8, 4) is 5.75 Å². The van der Waals surface area contributed by atoms with E-state index in [1.807, 2.05) is 24.3 Å². The second-order valence-corrected chi connectivity index (χ2v) is 4.58. The summed E-state index contributed by atoms with van der Waals surface area (Å²) in [6, 6.07) is 7.63. The monoisotopic (exact) mass is 250 g/mol. The Morgan fingerprint density at radius 1 is 1.39 bits per heavy atom. The molecule has 0 amide bonds. The van der Waals surface area contributed by atoms with Crippen LogP contribution in [-0.2, 0) is 16.0 Å². The van der Waals surface area contributed by atoms with Crippen LogP contribution >= 0.6 is 0 Å². The highest BCUT2D eigenvalue weighted by atomic mass is 16.5. The molecule has 1 aromatic rings. The minimum Gasteiger partial charge on any atom is -0.493 e. The van der Waals surface area contributed by atoms with Crippen LogP contribution in [-0.4, -0.2) is 30.9 Å². The smallest absolute Gasteiger partial charge is 0.303 e. The zero-order chi connectivity index (χ0) is 12.8. The van der Waals surface area contributed by atoms with Crippen LogP contribution in [0.1, 0.15) is 18.4 Å².